The summed E-state index contributed by atoms with van der Waals surface area (Å²) in [6.07, 6.45) is 4.43. The lowest BCUT2D eigenvalue weighted by Crippen LogP contribution is -2.58. The minimum atomic E-state index is -1.21. The molecule has 4 aromatic rings. The summed E-state index contributed by atoms with van der Waals surface area (Å²) >= 11 is 0. The maximum absolute atomic E-state index is 13.3. The van der Waals surface area contributed by atoms with Gasteiger partial charge in [0.2, 0.25) is 17.7 Å². The Morgan fingerprint density at radius 3 is 1.88 bits per heavy atom. The molecule has 2 heterocycles. The van der Waals surface area contributed by atoms with Crippen LogP contribution in [0.4, 0.5) is 0 Å². The molecule has 4 rings (SSSR count). The van der Waals surface area contributed by atoms with Crippen LogP contribution in [0.15, 0.2) is 60.9 Å². The number of rotatable bonds is 13. The molecular formula is C31H38N6O5. The summed E-state index contributed by atoms with van der Waals surface area (Å²) in [7, 11) is 0. The third-order valence-electron chi connectivity index (χ3n) is 7.71. The third kappa shape index (κ3) is 6.98. The number of aromatic amines is 2. The zero-order chi connectivity index (χ0) is 30.4. The molecule has 42 heavy (non-hydrogen) atoms. The van der Waals surface area contributed by atoms with Gasteiger partial charge in [0.05, 0.1) is 6.04 Å². The summed E-state index contributed by atoms with van der Waals surface area (Å²) in [6, 6.07) is 11.1. The molecule has 5 unspecified atom stereocenters. The van der Waals surface area contributed by atoms with Crippen LogP contribution >= 0.6 is 0 Å². The Hall–Kier alpha value is -4.64. The Bertz CT molecular complexity index is 1580. The highest BCUT2D eigenvalue weighted by atomic mass is 16.4. The van der Waals surface area contributed by atoms with E-state index in [1.807, 2.05) is 61.7 Å². The van der Waals surface area contributed by atoms with Gasteiger partial charge in [0.1, 0.15) is 18.1 Å². The number of carbonyl (C=O) groups is 4. The number of nitrogens with one attached hydrogen (secondary N) is 5. The lowest BCUT2D eigenvalue weighted by atomic mass is 9.97. The highest BCUT2D eigenvalue weighted by Gasteiger charge is 2.32. The Balaban J connectivity index is 1.37. The molecule has 0 spiro atoms. The summed E-state index contributed by atoms with van der Waals surface area (Å²) in [5.41, 5.74) is 9.61. The van der Waals surface area contributed by atoms with Gasteiger partial charge in [-0.05, 0) is 42.5 Å². The van der Waals surface area contributed by atoms with Crippen LogP contribution in [0.5, 0.6) is 0 Å². The van der Waals surface area contributed by atoms with E-state index >= 15 is 0 Å². The van der Waals surface area contributed by atoms with Crippen molar-refractivity contribution in [1.29, 1.82) is 0 Å². The van der Waals surface area contributed by atoms with Crippen molar-refractivity contribution in [2.45, 2.75) is 64.2 Å². The highest BCUT2D eigenvalue weighted by Crippen LogP contribution is 2.20. The summed E-state index contributed by atoms with van der Waals surface area (Å²) < 4.78 is 0. The number of carboxylic acids is 1. The topological polar surface area (TPSA) is 182 Å². The molecule has 0 aliphatic carbocycles. The normalized spacial score (nSPS) is 15.0. The number of carboxylic acid groups (broad SMARTS) is 1. The minimum absolute atomic E-state index is 0.0625. The zero-order valence-corrected chi connectivity index (χ0v) is 23.9. The van der Waals surface area contributed by atoms with E-state index in [-0.39, 0.29) is 18.8 Å². The van der Waals surface area contributed by atoms with E-state index in [0.29, 0.717) is 6.42 Å². The number of para-hydroxylation sites is 2. The molecule has 11 heteroatoms. The molecule has 3 amide bonds. The number of hydrogen-bond donors (Lipinski definition) is 7. The molecule has 5 atom stereocenters. The smallest absolute Gasteiger partial charge is 0.326 e. The number of benzene rings is 2. The van der Waals surface area contributed by atoms with Crippen molar-refractivity contribution in [3.05, 3.63) is 72.1 Å². The van der Waals surface area contributed by atoms with E-state index in [2.05, 4.69) is 25.9 Å². The van der Waals surface area contributed by atoms with Crippen molar-refractivity contribution >= 4 is 45.5 Å². The monoisotopic (exact) mass is 574 g/mol. The third-order valence-corrected chi connectivity index (χ3v) is 7.71. The van der Waals surface area contributed by atoms with Crippen molar-refractivity contribution in [2.24, 2.45) is 11.7 Å². The van der Waals surface area contributed by atoms with Gasteiger partial charge in [-0.1, -0.05) is 56.7 Å². The summed E-state index contributed by atoms with van der Waals surface area (Å²) in [5.74, 6) is -3.18. The maximum Gasteiger partial charge on any atom is 0.326 e. The summed E-state index contributed by atoms with van der Waals surface area (Å²) in [6.45, 7) is 5.17. The van der Waals surface area contributed by atoms with E-state index in [9.17, 15) is 24.3 Å². The van der Waals surface area contributed by atoms with Gasteiger partial charge >= 0.3 is 5.97 Å². The molecule has 0 bridgehead atoms. The van der Waals surface area contributed by atoms with E-state index in [0.717, 1.165) is 32.9 Å². The zero-order valence-electron chi connectivity index (χ0n) is 23.9. The highest BCUT2D eigenvalue weighted by molar-refractivity contribution is 5.94. The van der Waals surface area contributed by atoms with Crippen molar-refractivity contribution in [3.8, 4) is 0 Å². The van der Waals surface area contributed by atoms with Gasteiger partial charge < -0.3 is 36.8 Å². The molecule has 0 aliphatic heterocycles. The number of amides is 3. The van der Waals surface area contributed by atoms with Crippen LogP contribution in [0.1, 0.15) is 38.3 Å². The Kier molecular flexibility index (Phi) is 9.64. The second-order valence-electron chi connectivity index (χ2n) is 10.7. The van der Waals surface area contributed by atoms with Gasteiger partial charge in [-0.25, -0.2) is 4.79 Å². The molecule has 0 saturated heterocycles. The number of aliphatic carboxylic acids is 1. The van der Waals surface area contributed by atoms with Crippen molar-refractivity contribution in [1.82, 2.24) is 25.9 Å². The molecule has 0 radical (unpaired) electrons. The standard InChI is InChI=1S/C31H38N6O5/c1-4-17(2)27(30(40)36-26(31(41)42)14-20-16-34-25-12-8-6-10-22(20)25)37-28(38)18(3)35-29(39)23(32)13-19-15-33-24-11-7-5-9-21(19)24/h5-12,15-18,23,26-27,33-34H,4,13-14,32H2,1-3H3,(H,35,39)(H,36,40)(H,37,38)(H,41,42). The first-order valence-corrected chi connectivity index (χ1v) is 14.1. The first kappa shape index (κ1) is 30.3. The second-order valence-corrected chi connectivity index (χ2v) is 10.7. The maximum atomic E-state index is 13.3. The van der Waals surface area contributed by atoms with Crippen LogP contribution in [0.25, 0.3) is 21.8 Å². The number of fused-ring (bicyclic) bond motifs is 2. The van der Waals surface area contributed by atoms with Crippen molar-refractivity contribution in [3.63, 3.8) is 0 Å². The number of H-pyrrole nitrogens is 2. The van der Waals surface area contributed by atoms with Crippen LogP contribution in [0.2, 0.25) is 0 Å². The molecule has 2 aromatic heterocycles. The Morgan fingerprint density at radius 2 is 1.33 bits per heavy atom. The van der Waals surface area contributed by atoms with Crippen LogP contribution in [-0.2, 0) is 32.0 Å². The van der Waals surface area contributed by atoms with Crippen molar-refractivity contribution < 1.29 is 24.3 Å². The first-order chi connectivity index (χ1) is 20.1. The summed E-state index contributed by atoms with van der Waals surface area (Å²) in [5, 5.41) is 19.6. The lowest BCUT2D eigenvalue weighted by Gasteiger charge is -2.27. The van der Waals surface area contributed by atoms with Gasteiger partial charge in [0.15, 0.2) is 0 Å². The Labute approximate surface area is 243 Å². The van der Waals surface area contributed by atoms with Crippen LogP contribution in [0.3, 0.4) is 0 Å². The first-order valence-electron chi connectivity index (χ1n) is 14.1. The van der Waals surface area contributed by atoms with Gasteiger partial charge in [0, 0.05) is 40.6 Å². The summed E-state index contributed by atoms with van der Waals surface area (Å²) in [4.78, 5) is 57.6. The fourth-order valence-corrected chi connectivity index (χ4v) is 4.98. The molecule has 11 nitrogen and oxygen atoms in total. The fraction of sp³-hybridized carbons (Fsp3) is 0.355. The average molecular weight is 575 g/mol. The van der Waals surface area contributed by atoms with E-state index in [1.54, 1.807) is 13.1 Å². The number of aromatic nitrogens is 2. The van der Waals surface area contributed by atoms with Gasteiger partial charge in [0.25, 0.3) is 0 Å². The van der Waals surface area contributed by atoms with Crippen LogP contribution in [-0.4, -0.2) is 62.9 Å². The van der Waals surface area contributed by atoms with Gasteiger partial charge in [-0.3, -0.25) is 14.4 Å². The number of hydrogen-bond acceptors (Lipinski definition) is 5. The largest absolute Gasteiger partial charge is 0.480 e. The van der Waals surface area contributed by atoms with Crippen molar-refractivity contribution in [2.75, 3.05) is 0 Å². The Morgan fingerprint density at radius 1 is 0.786 bits per heavy atom. The predicted molar refractivity (Wildman–Crippen MR) is 161 cm³/mol. The fourth-order valence-electron chi connectivity index (χ4n) is 4.98. The molecule has 222 valence electrons. The predicted octanol–water partition coefficient (Wildman–Crippen LogP) is 2.37. The SMILES string of the molecule is CCC(C)C(NC(=O)C(C)NC(=O)C(N)Cc1c[nH]c2ccccc12)C(=O)NC(Cc1c[nH]c2ccccc12)C(=O)O. The van der Waals surface area contributed by atoms with Gasteiger partial charge in [-0.15, -0.1) is 0 Å². The molecule has 2 aromatic carbocycles. The average Bonchev–Trinajstić information content (AvgIpc) is 3.58. The quantitative estimate of drug-likeness (QED) is 0.129. The number of nitrogens with two attached hydrogens (primary N) is 1. The molecule has 0 fully saturated rings. The van der Waals surface area contributed by atoms with Crippen LogP contribution in [0, 0.1) is 5.92 Å². The van der Waals surface area contributed by atoms with E-state index < -0.39 is 47.9 Å². The minimum Gasteiger partial charge on any atom is -0.480 e. The lowest BCUT2D eigenvalue weighted by molar-refractivity contribution is -0.142. The van der Waals surface area contributed by atoms with Crippen LogP contribution < -0.4 is 21.7 Å². The van der Waals surface area contributed by atoms with E-state index in [4.69, 9.17) is 5.73 Å². The molecule has 8 N–H and O–H groups in total. The second kappa shape index (κ2) is 13.3. The molecule has 0 aliphatic rings. The van der Waals surface area contributed by atoms with Gasteiger partial charge in [-0.2, -0.15) is 0 Å². The molecule has 0 saturated carbocycles. The number of carbonyl (C=O) groups excluding carboxylic acids is 3. The molecular weight excluding hydrogens is 536 g/mol. The van der Waals surface area contributed by atoms with E-state index in [1.165, 1.54) is 6.92 Å².